The largest absolute Gasteiger partial charge is 0.443 e. The van der Waals surface area contributed by atoms with Crippen molar-refractivity contribution in [2.45, 2.75) is 32.4 Å². The number of hydrogen-bond acceptors (Lipinski definition) is 8. The highest BCUT2D eigenvalue weighted by molar-refractivity contribution is 7.95. The van der Waals surface area contributed by atoms with Gasteiger partial charge in [-0.3, -0.25) is 15.0 Å². The highest BCUT2D eigenvalue weighted by Gasteiger charge is 2.44. The number of rotatable bonds is 5. The van der Waals surface area contributed by atoms with Gasteiger partial charge in [-0.25, -0.2) is 13.2 Å². The number of allylic oxidation sites excluding steroid dienone is 3. The minimum absolute atomic E-state index is 0.0696. The number of esters is 1. The van der Waals surface area contributed by atoms with Crippen molar-refractivity contribution < 1.29 is 22.9 Å². The van der Waals surface area contributed by atoms with Gasteiger partial charge in [0.1, 0.15) is 0 Å². The molecule has 0 aromatic heterocycles. The molecular formula is C19H23N3O6S. The minimum Gasteiger partial charge on any atom is -0.443 e. The summed E-state index contributed by atoms with van der Waals surface area (Å²) in [6, 6.07) is 5.71. The van der Waals surface area contributed by atoms with Gasteiger partial charge in [0.25, 0.3) is 5.69 Å². The smallest absolute Gasteiger partial charge is 0.338 e. The van der Waals surface area contributed by atoms with Crippen molar-refractivity contribution >= 4 is 21.5 Å². The highest BCUT2D eigenvalue weighted by atomic mass is 32.2. The maximum absolute atomic E-state index is 13.0. The summed E-state index contributed by atoms with van der Waals surface area (Å²) < 4.78 is 31.1. The molecule has 1 aromatic rings. The Hall–Kier alpha value is -2.72. The van der Waals surface area contributed by atoms with E-state index in [1.54, 1.807) is 38.9 Å². The van der Waals surface area contributed by atoms with Crippen molar-refractivity contribution in [2.75, 3.05) is 19.8 Å². The van der Waals surface area contributed by atoms with E-state index in [4.69, 9.17) is 4.74 Å². The van der Waals surface area contributed by atoms with E-state index in [0.717, 1.165) is 0 Å². The molecule has 2 aliphatic rings. The lowest BCUT2D eigenvalue weighted by atomic mass is 9.86. The Kier molecular flexibility index (Phi) is 5.50. The summed E-state index contributed by atoms with van der Waals surface area (Å²) >= 11 is 0. The number of nitrogens with zero attached hydrogens (tertiary/aromatic N) is 2. The van der Waals surface area contributed by atoms with Crippen LogP contribution in [0.15, 0.2) is 46.1 Å². The predicted octanol–water partition coefficient (Wildman–Crippen LogP) is 2.04. The quantitative estimate of drug-likeness (QED) is 0.332. The van der Waals surface area contributed by atoms with Crippen LogP contribution in [0.1, 0.15) is 31.7 Å². The van der Waals surface area contributed by atoms with Gasteiger partial charge >= 0.3 is 5.97 Å². The minimum atomic E-state index is -3.62. The molecule has 2 unspecified atom stereocenters. The van der Waals surface area contributed by atoms with Crippen LogP contribution in [0.5, 0.6) is 0 Å². The van der Waals surface area contributed by atoms with Crippen molar-refractivity contribution in [3.05, 3.63) is 61.8 Å². The molecule has 0 saturated carbocycles. The third-order valence-corrected chi connectivity index (χ3v) is 7.08. The Morgan fingerprint density at radius 2 is 2.07 bits per heavy atom. The molecule has 156 valence electrons. The van der Waals surface area contributed by atoms with E-state index in [0.29, 0.717) is 23.4 Å². The van der Waals surface area contributed by atoms with Crippen LogP contribution in [0.25, 0.3) is 0 Å². The van der Waals surface area contributed by atoms with Crippen molar-refractivity contribution in [3.63, 3.8) is 0 Å². The first-order chi connectivity index (χ1) is 13.5. The van der Waals surface area contributed by atoms with Crippen LogP contribution in [0, 0.1) is 10.1 Å². The SMILES string of the molecule is CC1=C(C(=O)OC(C)N(C)C)C(c2cccc([N+](=O)[O-])c2)C2=C(CCS2(=O)=O)N1. The second-order valence-electron chi connectivity index (χ2n) is 7.33. The Morgan fingerprint density at radius 1 is 1.38 bits per heavy atom. The number of benzene rings is 1. The number of nitrogens with one attached hydrogen (secondary N) is 1. The lowest BCUT2D eigenvalue weighted by molar-refractivity contribution is -0.384. The first-order valence-corrected chi connectivity index (χ1v) is 10.7. The van der Waals surface area contributed by atoms with Crippen LogP contribution in [0.4, 0.5) is 5.69 Å². The van der Waals surface area contributed by atoms with Gasteiger partial charge < -0.3 is 10.1 Å². The van der Waals surface area contributed by atoms with Gasteiger partial charge in [-0.15, -0.1) is 0 Å². The molecule has 10 heteroatoms. The van der Waals surface area contributed by atoms with Gasteiger partial charge in [-0.05, 0) is 33.5 Å². The van der Waals surface area contributed by atoms with Crippen LogP contribution < -0.4 is 5.32 Å². The molecule has 1 aromatic carbocycles. The molecule has 2 heterocycles. The summed E-state index contributed by atoms with van der Waals surface area (Å²) in [7, 11) is -0.121. The number of carbonyl (C=O) groups is 1. The number of hydrogen-bond donors (Lipinski definition) is 1. The number of non-ortho nitro benzene ring substituents is 1. The van der Waals surface area contributed by atoms with Crippen LogP contribution in [-0.2, 0) is 19.4 Å². The topological polar surface area (TPSA) is 119 Å². The second kappa shape index (κ2) is 7.60. The molecular weight excluding hydrogens is 398 g/mol. The summed E-state index contributed by atoms with van der Waals surface area (Å²) in [6.45, 7) is 3.37. The van der Waals surface area contributed by atoms with Crippen LogP contribution >= 0.6 is 0 Å². The molecule has 29 heavy (non-hydrogen) atoms. The maximum atomic E-state index is 13.0. The molecule has 0 aliphatic carbocycles. The monoisotopic (exact) mass is 421 g/mol. The fourth-order valence-corrected chi connectivity index (χ4v) is 5.34. The van der Waals surface area contributed by atoms with Crippen LogP contribution in [0.3, 0.4) is 0 Å². The van der Waals surface area contributed by atoms with Gasteiger partial charge in [0.15, 0.2) is 16.1 Å². The molecule has 0 amide bonds. The third-order valence-electron chi connectivity index (χ3n) is 5.19. The number of ether oxygens (including phenoxy) is 1. The zero-order valence-electron chi connectivity index (χ0n) is 16.6. The summed E-state index contributed by atoms with van der Waals surface area (Å²) in [5, 5.41) is 14.3. The Bertz CT molecular complexity index is 1040. The number of sulfone groups is 1. The number of nitro groups is 1. The normalized spacial score (nSPS) is 21.6. The third kappa shape index (κ3) is 3.90. The molecule has 0 bridgehead atoms. The number of nitro benzene ring substituents is 1. The second-order valence-corrected chi connectivity index (χ2v) is 9.41. The molecule has 0 fully saturated rings. The highest BCUT2D eigenvalue weighted by Crippen LogP contribution is 2.45. The molecule has 0 spiro atoms. The van der Waals surface area contributed by atoms with E-state index in [1.807, 2.05) is 0 Å². The standard InChI is InChI=1S/C19H23N3O6S/c1-11-16(19(23)28-12(2)21(3)4)17(13-6-5-7-14(10-13)22(24)25)18-15(20-11)8-9-29(18,26)27/h5-7,10,12,17,20H,8-9H2,1-4H3. The fourth-order valence-electron chi connectivity index (χ4n) is 3.51. The summed E-state index contributed by atoms with van der Waals surface area (Å²) in [4.78, 5) is 25.5. The molecule has 2 atom stereocenters. The Morgan fingerprint density at radius 3 is 2.69 bits per heavy atom. The van der Waals surface area contributed by atoms with Crippen molar-refractivity contribution in [1.29, 1.82) is 0 Å². The fraction of sp³-hybridized carbons (Fsp3) is 0.421. The average molecular weight is 421 g/mol. The Balaban J connectivity index is 2.16. The van der Waals surface area contributed by atoms with Gasteiger partial charge in [0, 0.05) is 29.9 Å². The average Bonchev–Trinajstić information content (AvgIpc) is 2.94. The summed E-state index contributed by atoms with van der Waals surface area (Å²) in [5.74, 6) is -1.69. The van der Waals surface area contributed by atoms with Crippen molar-refractivity contribution in [1.82, 2.24) is 10.2 Å². The molecule has 1 N–H and O–H groups in total. The molecule has 0 saturated heterocycles. The van der Waals surface area contributed by atoms with Crippen molar-refractivity contribution in [3.8, 4) is 0 Å². The maximum Gasteiger partial charge on any atom is 0.338 e. The molecule has 3 rings (SSSR count). The van der Waals surface area contributed by atoms with Gasteiger partial charge in [0.2, 0.25) is 0 Å². The zero-order valence-corrected chi connectivity index (χ0v) is 17.4. The first kappa shape index (κ1) is 21.0. The predicted molar refractivity (Wildman–Crippen MR) is 106 cm³/mol. The molecule has 2 aliphatic heterocycles. The van der Waals surface area contributed by atoms with E-state index >= 15 is 0 Å². The molecule has 0 radical (unpaired) electrons. The van der Waals surface area contributed by atoms with E-state index in [-0.39, 0.29) is 21.9 Å². The Labute approximate surface area is 169 Å². The molecule has 9 nitrogen and oxygen atoms in total. The van der Waals surface area contributed by atoms with E-state index in [1.165, 1.54) is 18.2 Å². The number of carbonyl (C=O) groups excluding carboxylic acids is 1. The van der Waals surface area contributed by atoms with Crippen LogP contribution in [0.2, 0.25) is 0 Å². The van der Waals surface area contributed by atoms with Crippen LogP contribution in [-0.4, -0.2) is 50.3 Å². The van der Waals surface area contributed by atoms with E-state index < -0.39 is 32.9 Å². The summed E-state index contributed by atoms with van der Waals surface area (Å²) in [5.41, 5.74) is 1.33. The van der Waals surface area contributed by atoms with Crippen molar-refractivity contribution in [2.24, 2.45) is 0 Å². The van der Waals surface area contributed by atoms with Gasteiger partial charge in [0.05, 0.1) is 27.1 Å². The number of dihydropyridines is 1. The summed E-state index contributed by atoms with van der Waals surface area (Å²) in [6.07, 6.45) is -0.235. The first-order valence-electron chi connectivity index (χ1n) is 9.08. The lowest BCUT2D eigenvalue weighted by Gasteiger charge is -2.30. The zero-order chi connectivity index (χ0) is 21.5. The lowest BCUT2D eigenvalue weighted by Crippen LogP contribution is -2.34. The van der Waals surface area contributed by atoms with E-state index in [9.17, 15) is 23.3 Å². The van der Waals surface area contributed by atoms with Gasteiger partial charge in [-0.2, -0.15) is 0 Å². The van der Waals surface area contributed by atoms with Gasteiger partial charge in [-0.1, -0.05) is 12.1 Å². The van der Waals surface area contributed by atoms with E-state index in [2.05, 4.69) is 5.32 Å².